The molecule has 0 unspecified atom stereocenters. The third-order valence-corrected chi connectivity index (χ3v) is 4.85. The summed E-state index contributed by atoms with van der Waals surface area (Å²) < 4.78 is 11.2. The van der Waals surface area contributed by atoms with Crippen molar-refractivity contribution in [3.8, 4) is 11.5 Å². The quantitative estimate of drug-likeness (QED) is 0.580. The van der Waals surface area contributed by atoms with Gasteiger partial charge in [0.05, 0.1) is 7.11 Å². The van der Waals surface area contributed by atoms with Crippen molar-refractivity contribution in [1.82, 2.24) is 4.90 Å². The van der Waals surface area contributed by atoms with E-state index in [0.29, 0.717) is 18.6 Å². The predicted octanol–water partition coefficient (Wildman–Crippen LogP) is 4.46. The first-order chi connectivity index (χ1) is 13.0. The summed E-state index contributed by atoms with van der Waals surface area (Å²) in [6.45, 7) is 12.1. The lowest BCUT2D eigenvalue weighted by molar-refractivity contribution is 0.0993. The molecule has 2 aromatic rings. The molecule has 2 aromatic carbocycles. The fourth-order valence-electron chi connectivity index (χ4n) is 3.25. The van der Waals surface area contributed by atoms with Crippen LogP contribution in [0.3, 0.4) is 0 Å². The number of methoxy groups -OCH3 is 1. The van der Waals surface area contributed by atoms with Crippen molar-refractivity contribution >= 4 is 5.78 Å². The highest BCUT2D eigenvalue weighted by Crippen LogP contribution is 2.26. The van der Waals surface area contributed by atoms with Gasteiger partial charge in [-0.2, -0.15) is 0 Å². The van der Waals surface area contributed by atoms with E-state index in [1.54, 1.807) is 7.11 Å². The van der Waals surface area contributed by atoms with Crippen molar-refractivity contribution < 1.29 is 14.3 Å². The SMILES string of the molecule is CCN(CC)CCOc1c(C)cc(CC(=O)c2ccc(OC)cc2)cc1C. The van der Waals surface area contributed by atoms with Gasteiger partial charge in [0.1, 0.15) is 18.1 Å². The number of likely N-dealkylation sites (N-methyl/N-ethyl adjacent to an activating group) is 1. The Morgan fingerprint density at radius 1 is 1.00 bits per heavy atom. The lowest BCUT2D eigenvalue weighted by atomic mass is 9.99. The maximum absolute atomic E-state index is 12.6. The Morgan fingerprint density at radius 3 is 2.11 bits per heavy atom. The van der Waals surface area contributed by atoms with Gasteiger partial charge in [0, 0.05) is 18.5 Å². The van der Waals surface area contributed by atoms with Crippen LogP contribution in [0.25, 0.3) is 0 Å². The summed E-state index contributed by atoms with van der Waals surface area (Å²) in [4.78, 5) is 14.9. The number of aryl methyl sites for hydroxylation is 2. The van der Waals surface area contributed by atoms with Crippen LogP contribution in [0.4, 0.5) is 0 Å². The van der Waals surface area contributed by atoms with Crippen LogP contribution < -0.4 is 9.47 Å². The minimum absolute atomic E-state index is 0.103. The molecular weight excluding hydrogens is 338 g/mol. The average Bonchev–Trinajstić information content (AvgIpc) is 2.67. The lowest BCUT2D eigenvalue weighted by Crippen LogP contribution is -2.28. The lowest BCUT2D eigenvalue weighted by Gasteiger charge is -2.19. The van der Waals surface area contributed by atoms with E-state index in [1.807, 2.05) is 38.1 Å². The molecule has 0 heterocycles. The van der Waals surface area contributed by atoms with Crippen LogP contribution in [0.15, 0.2) is 36.4 Å². The topological polar surface area (TPSA) is 38.8 Å². The summed E-state index contributed by atoms with van der Waals surface area (Å²) in [5.74, 6) is 1.79. The maximum Gasteiger partial charge on any atom is 0.167 e. The van der Waals surface area contributed by atoms with E-state index in [0.717, 1.165) is 47.8 Å². The first kappa shape index (κ1) is 21.0. The Balaban J connectivity index is 2.03. The van der Waals surface area contributed by atoms with E-state index in [-0.39, 0.29) is 5.78 Å². The van der Waals surface area contributed by atoms with Crippen molar-refractivity contribution in [2.75, 3.05) is 33.4 Å². The molecule has 4 heteroatoms. The predicted molar refractivity (Wildman–Crippen MR) is 110 cm³/mol. The van der Waals surface area contributed by atoms with Gasteiger partial charge in [0.15, 0.2) is 5.78 Å². The Labute approximate surface area is 163 Å². The zero-order valence-electron chi connectivity index (χ0n) is 17.2. The van der Waals surface area contributed by atoms with Crippen LogP contribution in [0.2, 0.25) is 0 Å². The standard InChI is InChI=1S/C23H31NO3/c1-6-24(7-2)12-13-27-23-17(3)14-19(15-18(23)4)16-22(25)20-8-10-21(26-5)11-9-20/h8-11,14-15H,6-7,12-13,16H2,1-5H3. The highest BCUT2D eigenvalue weighted by molar-refractivity contribution is 5.97. The number of rotatable bonds is 10. The third kappa shape index (κ3) is 5.83. The van der Waals surface area contributed by atoms with Gasteiger partial charge in [-0.3, -0.25) is 4.79 Å². The molecule has 0 atom stereocenters. The second-order valence-corrected chi connectivity index (χ2v) is 6.76. The number of ether oxygens (including phenoxy) is 2. The van der Waals surface area contributed by atoms with Crippen molar-refractivity contribution in [1.29, 1.82) is 0 Å². The van der Waals surface area contributed by atoms with Gasteiger partial charge in [0.25, 0.3) is 0 Å². The molecule has 27 heavy (non-hydrogen) atoms. The molecule has 0 saturated heterocycles. The third-order valence-electron chi connectivity index (χ3n) is 4.85. The summed E-state index contributed by atoms with van der Waals surface area (Å²) in [5.41, 5.74) is 3.87. The summed E-state index contributed by atoms with van der Waals surface area (Å²) in [6.07, 6.45) is 0.383. The first-order valence-electron chi connectivity index (χ1n) is 9.61. The summed E-state index contributed by atoms with van der Waals surface area (Å²) >= 11 is 0. The molecule has 0 N–H and O–H groups in total. The number of benzene rings is 2. The van der Waals surface area contributed by atoms with Crippen molar-refractivity contribution in [2.24, 2.45) is 0 Å². The Hall–Kier alpha value is -2.33. The van der Waals surface area contributed by atoms with Gasteiger partial charge in [0.2, 0.25) is 0 Å². The number of hydrogen-bond donors (Lipinski definition) is 0. The highest BCUT2D eigenvalue weighted by atomic mass is 16.5. The van der Waals surface area contributed by atoms with Crippen LogP contribution in [-0.2, 0) is 6.42 Å². The van der Waals surface area contributed by atoms with E-state index in [1.165, 1.54) is 0 Å². The maximum atomic E-state index is 12.6. The molecule has 0 fully saturated rings. The van der Waals surface area contributed by atoms with Gasteiger partial charge in [-0.1, -0.05) is 26.0 Å². The van der Waals surface area contributed by atoms with Crippen LogP contribution >= 0.6 is 0 Å². The summed E-state index contributed by atoms with van der Waals surface area (Å²) in [7, 11) is 1.62. The van der Waals surface area contributed by atoms with E-state index >= 15 is 0 Å². The molecule has 2 rings (SSSR count). The molecule has 0 bridgehead atoms. The second kappa shape index (κ2) is 10.1. The number of nitrogens with zero attached hydrogens (tertiary/aromatic N) is 1. The number of ketones is 1. The van der Waals surface area contributed by atoms with Gasteiger partial charge < -0.3 is 14.4 Å². The Kier molecular flexibility index (Phi) is 7.86. The van der Waals surface area contributed by atoms with Crippen LogP contribution in [0.1, 0.15) is 40.9 Å². The molecule has 0 spiro atoms. The summed E-state index contributed by atoms with van der Waals surface area (Å²) in [5, 5.41) is 0. The van der Waals surface area contributed by atoms with Crippen LogP contribution in [0, 0.1) is 13.8 Å². The molecule has 0 saturated carbocycles. The van der Waals surface area contributed by atoms with Gasteiger partial charge in [-0.25, -0.2) is 0 Å². The monoisotopic (exact) mass is 369 g/mol. The van der Waals surface area contributed by atoms with E-state index < -0.39 is 0 Å². The van der Waals surface area contributed by atoms with Gasteiger partial charge >= 0.3 is 0 Å². The molecule has 0 aromatic heterocycles. The van der Waals surface area contributed by atoms with Crippen molar-refractivity contribution in [3.05, 3.63) is 58.7 Å². The fourth-order valence-corrected chi connectivity index (χ4v) is 3.25. The first-order valence-corrected chi connectivity index (χ1v) is 9.61. The van der Waals surface area contributed by atoms with Crippen molar-refractivity contribution in [2.45, 2.75) is 34.1 Å². The molecule has 0 radical (unpaired) electrons. The molecule has 4 nitrogen and oxygen atoms in total. The Morgan fingerprint density at radius 2 is 1.59 bits per heavy atom. The minimum Gasteiger partial charge on any atom is -0.497 e. The van der Waals surface area contributed by atoms with E-state index in [9.17, 15) is 4.79 Å². The van der Waals surface area contributed by atoms with Crippen LogP contribution in [-0.4, -0.2) is 44.0 Å². The zero-order valence-corrected chi connectivity index (χ0v) is 17.2. The number of Topliss-reactive ketones (excluding diaryl/α,β-unsaturated/α-hetero) is 1. The molecule has 0 aliphatic rings. The fraction of sp³-hybridized carbons (Fsp3) is 0.435. The van der Waals surface area contributed by atoms with Gasteiger partial charge in [-0.15, -0.1) is 0 Å². The van der Waals surface area contributed by atoms with Crippen LogP contribution in [0.5, 0.6) is 11.5 Å². The number of carbonyl (C=O) groups excluding carboxylic acids is 1. The molecule has 146 valence electrons. The second-order valence-electron chi connectivity index (χ2n) is 6.76. The molecule has 0 aliphatic carbocycles. The van der Waals surface area contributed by atoms with E-state index in [2.05, 4.69) is 30.9 Å². The smallest absolute Gasteiger partial charge is 0.167 e. The Bertz CT molecular complexity index is 726. The molecule has 0 aliphatic heterocycles. The molecular formula is C23H31NO3. The highest BCUT2D eigenvalue weighted by Gasteiger charge is 2.12. The molecule has 0 amide bonds. The minimum atomic E-state index is 0.103. The average molecular weight is 370 g/mol. The number of carbonyl (C=O) groups is 1. The number of hydrogen-bond acceptors (Lipinski definition) is 4. The summed E-state index contributed by atoms with van der Waals surface area (Å²) in [6, 6.07) is 11.4. The van der Waals surface area contributed by atoms with Crippen molar-refractivity contribution in [3.63, 3.8) is 0 Å². The largest absolute Gasteiger partial charge is 0.497 e. The van der Waals surface area contributed by atoms with Gasteiger partial charge in [-0.05, 0) is 67.9 Å². The zero-order chi connectivity index (χ0) is 19.8. The van der Waals surface area contributed by atoms with E-state index in [4.69, 9.17) is 9.47 Å². The normalized spacial score (nSPS) is 10.9.